The summed E-state index contributed by atoms with van der Waals surface area (Å²) in [5.41, 5.74) is -0.601. The van der Waals surface area contributed by atoms with Gasteiger partial charge in [0.15, 0.2) is 0 Å². The number of ketones is 1. The molecule has 0 aliphatic heterocycles. The molecule has 3 nitrogen and oxygen atoms in total. The van der Waals surface area contributed by atoms with E-state index in [1.807, 2.05) is 0 Å². The minimum absolute atomic E-state index is 0.232. The van der Waals surface area contributed by atoms with E-state index < -0.39 is 11.4 Å². The lowest BCUT2D eigenvalue weighted by Gasteiger charge is -2.34. The zero-order valence-electron chi connectivity index (χ0n) is 9.87. The van der Waals surface area contributed by atoms with Crippen LogP contribution in [0.5, 0.6) is 0 Å². The van der Waals surface area contributed by atoms with E-state index in [1.54, 1.807) is 0 Å². The molecule has 2 rings (SSSR count). The Bertz CT molecular complexity index is 294. The van der Waals surface area contributed by atoms with Crippen molar-refractivity contribution >= 4 is 11.8 Å². The summed E-state index contributed by atoms with van der Waals surface area (Å²) in [6.07, 6.45) is 5.32. The molecule has 0 aromatic heterocycles. The summed E-state index contributed by atoms with van der Waals surface area (Å²) in [7, 11) is 0. The lowest BCUT2D eigenvalue weighted by molar-refractivity contribution is -0.153. The second-order valence-corrected chi connectivity index (χ2v) is 5.64. The molecule has 90 valence electrons. The third-order valence-electron chi connectivity index (χ3n) is 4.36. The largest absolute Gasteiger partial charge is 0.481 e. The van der Waals surface area contributed by atoms with Gasteiger partial charge in [-0.3, -0.25) is 9.59 Å². The number of carboxylic acid groups (broad SMARTS) is 1. The number of hydrogen-bond acceptors (Lipinski definition) is 2. The van der Waals surface area contributed by atoms with Gasteiger partial charge >= 0.3 is 5.97 Å². The lowest BCUT2D eigenvalue weighted by atomic mass is 9.68. The van der Waals surface area contributed by atoms with Crippen LogP contribution in [-0.4, -0.2) is 16.9 Å². The van der Waals surface area contributed by atoms with Crippen LogP contribution >= 0.6 is 0 Å². The number of carboxylic acids is 1. The number of aliphatic carboxylic acids is 1. The van der Waals surface area contributed by atoms with Crippen molar-refractivity contribution in [1.29, 1.82) is 0 Å². The van der Waals surface area contributed by atoms with Crippen molar-refractivity contribution in [3.05, 3.63) is 0 Å². The average molecular weight is 224 g/mol. The Labute approximate surface area is 96.2 Å². The molecule has 16 heavy (non-hydrogen) atoms. The first-order chi connectivity index (χ1) is 7.53. The Balaban J connectivity index is 2.03. The Hall–Kier alpha value is -0.860. The number of hydrogen-bond donors (Lipinski definition) is 1. The zero-order valence-corrected chi connectivity index (χ0v) is 9.87. The second-order valence-electron chi connectivity index (χ2n) is 5.64. The third-order valence-corrected chi connectivity index (χ3v) is 4.36. The molecule has 3 heteroatoms. The van der Waals surface area contributed by atoms with Gasteiger partial charge in [0.25, 0.3) is 0 Å². The quantitative estimate of drug-likeness (QED) is 0.798. The van der Waals surface area contributed by atoms with Crippen molar-refractivity contribution in [2.75, 3.05) is 0 Å². The van der Waals surface area contributed by atoms with Crippen LogP contribution in [0, 0.1) is 17.3 Å². The number of carbonyl (C=O) groups is 2. The minimum Gasteiger partial charge on any atom is -0.481 e. The standard InChI is InChI=1S/C13H20O3/c1-9(10-2-3-10)8-13(12(15)16)6-4-11(14)5-7-13/h9-10H,2-8H2,1H3,(H,15,16). The SMILES string of the molecule is CC(CC1(C(=O)O)CCC(=O)CC1)C1CC1. The summed E-state index contributed by atoms with van der Waals surface area (Å²) in [5.74, 6) is 0.793. The van der Waals surface area contributed by atoms with Crippen LogP contribution in [0.25, 0.3) is 0 Å². The summed E-state index contributed by atoms with van der Waals surface area (Å²) >= 11 is 0. The molecule has 1 atom stereocenters. The summed E-state index contributed by atoms with van der Waals surface area (Å²) in [4.78, 5) is 22.7. The monoisotopic (exact) mass is 224 g/mol. The van der Waals surface area contributed by atoms with Crippen molar-refractivity contribution < 1.29 is 14.7 Å². The molecular weight excluding hydrogens is 204 g/mol. The molecule has 2 aliphatic carbocycles. The van der Waals surface area contributed by atoms with E-state index >= 15 is 0 Å². The van der Waals surface area contributed by atoms with E-state index in [0.717, 1.165) is 12.3 Å². The van der Waals surface area contributed by atoms with Gasteiger partial charge in [0, 0.05) is 12.8 Å². The molecular formula is C13H20O3. The average Bonchev–Trinajstić information content (AvgIpc) is 3.04. The van der Waals surface area contributed by atoms with Gasteiger partial charge in [-0.05, 0) is 43.9 Å². The number of carbonyl (C=O) groups excluding carboxylic acids is 1. The maximum atomic E-state index is 11.5. The molecule has 0 radical (unpaired) electrons. The Morgan fingerprint density at radius 3 is 2.44 bits per heavy atom. The number of Topliss-reactive ketones (excluding diaryl/α,β-unsaturated/α-hetero) is 1. The van der Waals surface area contributed by atoms with Crippen LogP contribution in [0.1, 0.15) is 51.9 Å². The fourth-order valence-electron chi connectivity index (χ4n) is 2.96. The van der Waals surface area contributed by atoms with Gasteiger partial charge in [-0.2, -0.15) is 0 Å². The van der Waals surface area contributed by atoms with Crippen LogP contribution in [0.3, 0.4) is 0 Å². The molecule has 2 saturated carbocycles. The molecule has 0 amide bonds. The van der Waals surface area contributed by atoms with Gasteiger partial charge in [-0.1, -0.05) is 6.92 Å². The van der Waals surface area contributed by atoms with E-state index in [2.05, 4.69) is 6.92 Å². The van der Waals surface area contributed by atoms with Gasteiger partial charge in [0.1, 0.15) is 5.78 Å². The zero-order chi connectivity index (χ0) is 11.8. The first-order valence-corrected chi connectivity index (χ1v) is 6.29. The van der Waals surface area contributed by atoms with Gasteiger partial charge in [-0.25, -0.2) is 0 Å². The predicted molar refractivity (Wildman–Crippen MR) is 60.0 cm³/mol. The molecule has 2 aliphatic rings. The van der Waals surface area contributed by atoms with E-state index in [-0.39, 0.29) is 5.78 Å². The van der Waals surface area contributed by atoms with Crippen molar-refractivity contribution in [1.82, 2.24) is 0 Å². The highest BCUT2D eigenvalue weighted by Gasteiger charge is 2.44. The summed E-state index contributed by atoms with van der Waals surface area (Å²) < 4.78 is 0. The van der Waals surface area contributed by atoms with Crippen molar-refractivity contribution in [3.63, 3.8) is 0 Å². The van der Waals surface area contributed by atoms with Crippen molar-refractivity contribution in [3.8, 4) is 0 Å². The fourth-order valence-corrected chi connectivity index (χ4v) is 2.96. The smallest absolute Gasteiger partial charge is 0.309 e. The number of rotatable bonds is 4. The van der Waals surface area contributed by atoms with Crippen molar-refractivity contribution in [2.45, 2.75) is 51.9 Å². The van der Waals surface area contributed by atoms with Gasteiger partial charge < -0.3 is 5.11 Å². The summed E-state index contributed by atoms with van der Waals surface area (Å²) in [6, 6.07) is 0. The normalized spacial score (nSPS) is 26.4. The van der Waals surface area contributed by atoms with E-state index in [4.69, 9.17) is 0 Å². The minimum atomic E-state index is -0.687. The van der Waals surface area contributed by atoms with Crippen molar-refractivity contribution in [2.24, 2.45) is 17.3 Å². The van der Waals surface area contributed by atoms with Gasteiger partial charge in [-0.15, -0.1) is 0 Å². The Morgan fingerprint density at radius 1 is 1.44 bits per heavy atom. The third kappa shape index (κ3) is 2.28. The second kappa shape index (κ2) is 4.19. The Kier molecular flexibility index (Phi) is 3.04. The predicted octanol–water partition coefficient (Wildman–Crippen LogP) is 2.64. The molecule has 0 bridgehead atoms. The maximum absolute atomic E-state index is 11.5. The molecule has 0 aromatic carbocycles. The van der Waals surface area contributed by atoms with E-state index in [9.17, 15) is 14.7 Å². The Morgan fingerprint density at radius 2 is 2.00 bits per heavy atom. The van der Waals surface area contributed by atoms with Crippen LogP contribution in [-0.2, 0) is 9.59 Å². The van der Waals surface area contributed by atoms with E-state index in [1.165, 1.54) is 12.8 Å². The molecule has 1 N–H and O–H groups in total. The van der Waals surface area contributed by atoms with Crippen LogP contribution in [0.4, 0.5) is 0 Å². The van der Waals surface area contributed by atoms with Crippen LogP contribution in [0.2, 0.25) is 0 Å². The van der Waals surface area contributed by atoms with E-state index in [0.29, 0.717) is 31.6 Å². The molecule has 0 heterocycles. The molecule has 1 unspecified atom stereocenters. The fraction of sp³-hybridized carbons (Fsp3) is 0.846. The molecule has 0 aromatic rings. The molecule has 2 fully saturated rings. The molecule has 0 spiro atoms. The van der Waals surface area contributed by atoms with Gasteiger partial charge in [0.05, 0.1) is 5.41 Å². The highest BCUT2D eigenvalue weighted by molar-refractivity contribution is 5.83. The topological polar surface area (TPSA) is 54.4 Å². The molecule has 0 saturated heterocycles. The first-order valence-electron chi connectivity index (χ1n) is 6.29. The first kappa shape index (κ1) is 11.6. The van der Waals surface area contributed by atoms with Crippen LogP contribution in [0.15, 0.2) is 0 Å². The highest BCUT2D eigenvalue weighted by Crippen LogP contribution is 2.47. The summed E-state index contributed by atoms with van der Waals surface area (Å²) in [5, 5.41) is 9.41. The van der Waals surface area contributed by atoms with Gasteiger partial charge in [0.2, 0.25) is 0 Å². The highest BCUT2D eigenvalue weighted by atomic mass is 16.4. The lowest BCUT2D eigenvalue weighted by Crippen LogP contribution is -2.37. The maximum Gasteiger partial charge on any atom is 0.309 e. The summed E-state index contributed by atoms with van der Waals surface area (Å²) in [6.45, 7) is 2.17. The van der Waals surface area contributed by atoms with Crippen LogP contribution < -0.4 is 0 Å².